The second-order valence-corrected chi connectivity index (χ2v) is 12.0. The molecule has 0 unspecified atom stereocenters. The molecule has 2 aliphatic heterocycles. The van der Waals surface area contributed by atoms with E-state index in [-0.39, 0.29) is 0 Å². The molecule has 4 heterocycles. The smallest absolute Gasteiger partial charge is 0.250 e. The van der Waals surface area contributed by atoms with E-state index < -0.39 is 5.91 Å². The first kappa shape index (κ1) is 28.7. The Labute approximate surface area is 251 Å². The highest BCUT2D eigenvalue weighted by Gasteiger charge is 2.20. The SMILES string of the molecule is CC(C)CN1CCN(CCOc2ccc(-c3cc(C(N)=O)c4[nH]c5cc(N6CCOCC6)ccc5c4n3)cc2Cl)CC1. The summed E-state index contributed by atoms with van der Waals surface area (Å²) < 4.78 is 11.6. The maximum atomic E-state index is 12.5. The number of pyridine rings is 1. The van der Waals surface area contributed by atoms with E-state index in [1.807, 2.05) is 18.2 Å². The molecule has 42 heavy (non-hydrogen) atoms. The third-order valence-corrected chi connectivity index (χ3v) is 8.46. The van der Waals surface area contributed by atoms with Crippen LogP contribution < -0.4 is 15.4 Å². The zero-order chi connectivity index (χ0) is 29.2. The minimum absolute atomic E-state index is 0.393. The van der Waals surface area contributed by atoms with Crippen LogP contribution in [0.1, 0.15) is 24.2 Å². The lowest BCUT2D eigenvalue weighted by molar-refractivity contribution is 0.100. The number of nitrogens with one attached hydrogen (secondary N) is 1. The highest BCUT2D eigenvalue weighted by molar-refractivity contribution is 6.32. The van der Waals surface area contributed by atoms with Crippen LogP contribution in [0.25, 0.3) is 33.2 Å². The number of hydrogen-bond acceptors (Lipinski definition) is 7. The number of aromatic amines is 1. The Hall–Kier alpha value is -3.37. The Morgan fingerprint density at radius 3 is 2.52 bits per heavy atom. The molecule has 10 heteroatoms. The van der Waals surface area contributed by atoms with Gasteiger partial charge in [0.15, 0.2) is 0 Å². The number of morpholine rings is 1. The molecule has 2 saturated heterocycles. The van der Waals surface area contributed by atoms with E-state index in [1.165, 1.54) is 0 Å². The molecule has 0 bridgehead atoms. The largest absolute Gasteiger partial charge is 0.491 e. The molecule has 0 aliphatic carbocycles. The van der Waals surface area contributed by atoms with Gasteiger partial charge in [-0.15, -0.1) is 0 Å². The van der Waals surface area contributed by atoms with E-state index in [0.717, 1.165) is 74.5 Å². The number of primary amides is 1. The number of carbonyl (C=O) groups is 1. The van der Waals surface area contributed by atoms with Crippen LogP contribution in [-0.2, 0) is 4.74 Å². The summed E-state index contributed by atoms with van der Waals surface area (Å²) in [6.45, 7) is 14.6. The van der Waals surface area contributed by atoms with Crippen LogP contribution in [-0.4, -0.2) is 97.9 Å². The summed E-state index contributed by atoms with van der Waals surface area (Å²) >= 11 is 6.67. The molecule has 1 amide bonds. The van der Waals surface area contributed by atoms with Crippen LogP contribution in [0.5, 0.6) is 5.75 Å². The Morgan fingerprint density at radius 1 is 1.05 bits per heavy atom. The maximum absolute atomic E-state index is 12.5. The van der Waals surface area contributed by atoms with Crippen molar-refractivity contribution in [1.29, 1.82) is 0 Å². The maximum Gasteiger partial charge on any atom is 0.250 e. The molecule has 3 N–H and O–H groups in total. The van der Waals surface area contributed by atoms with Gasteiger partial charge >= 0.3 is 0 Å². The molecule has 9 nitrogen and oxygen atoms in total. The lowest BCUT2D eigenvalue weighted by Gasteiger charge is -2.35. The van der Waals surface area contributed by atoms with Gasteiger partial charge in [0.2, 0.25) is 0 Å². The number of benzene rings is 2. The number of nitrogens with zero attached hydrogens (tertiary/aromatic N) is 4. The van der Waals surface area contributed by atoms with E-state index in [2.05, 4.69) is 51.7 Å². The third-order valence-electron chi connectivity index (χ3n) is 8.16. The van der Waals surface area contributed by atoms with Gasteiger partial charge in [-0.25, -0.2) is 4.98 Å². The summed E-state index contributed by atoms with van der Waals surface area (Å²) in [5.74, 6) is 0.818. The number of halogens is 1. The van der Waals surface area contributed by atoms with Crippen LogP contribution in [0.15, 0.2) is 42.5 Å². The molecule has 222 valence electrons. The molecule has 0 saturated carbocycles. The number of ether oxygens (including phenoxy) is 2. The Morgan fingerprint density at radius 2 is 1.81 bits per heavy atom. The second kappa shape index (κ2) is 12.5. The summed E-state index contributed by atoms with van der Waals surface area (Å²) in [6.07, 6.45) is 0. The lowest BCUT2D eigenvalue weighted by atomic mass is 10.1. The highest BCUT2D eigenvalue weighted by atomic mass is 35.5. The summed E-state index contributed by atoms with van der Waals surface area (Å²) in [7, 11) is 0. The number of piperazine rings is 1. The van der Waals surface area contributed by atoms with Crippen molar-refractivity contribution in [3.05, 3.63) is 53.1 Å². The zero-order valence-electron chi connectivity index (χ0n) is 24.4. The molecule has 2 aromatic heterocycles. The number of hydrogen-bond donors (Lipinski definition) is 2. The summed E-state index contributed by atoms with van der Waals surface area (Å²) in [5, 5.41) is 1.44. The summed E-state index contributed by atoms with van der Waals surface area (Å²) in [6, 6.07) is 13.6. The minimum atomic E-state index is -0.514. The van der Waals surface area contributed by atoms with Gasteiger partial charge in [0, 0.05) is 69.0 Å². The monoisotopic (exact) mass is 590 g/mol. The van der Waals surface area contributed by atoms with E-state index >= 15 is 0 Å². The number of aromatic nitrogens is 2. The van der Waals surface area contributed by atoms with Crippen molar-refractivity contribution < 1.29 is 14.3 Å². The normalized spacial score (nSPS) is 17.0. The first-order valence-corrected chi connectivity index (χ1v) is 15.2. The first-order valence-electron chi connectivity index (χ1n) is 14.8. The van der Waals surface area contributed by atoms with Gasteiger partial charge in [0.25, 0.3) is 5.91 Å². The first-order chi connectivity index (χ1) is 20.4. The zero-order valence-corrected chi connectivity index (χ0v) is 25.1. The molecule has 4 aromatic rings. The Bertz CT molecular complexity index is 1570. The van der Waals surface area contributed by atoms with E-state index in [1.54, 1.807) is 6.07 Å². The van der Waals surface area contributed by atoms with Gasteiger partial charge < -0.3 is 30.0 Å². The minimum Gasteiger partial charge on any atom is -0.491 e. The third kappa shape index (κ3) is 6.20. The summed E-state index contributed by atoms with van der Waals surface area (Å²) in [4.78, 5) is 28.1. The number of nitrogens with two attached hydrogens (primary N) is 1. The van der Waals surface area contributed by atoms with Crippen LogP contribution in [0.4, 0.5) is 5.69 Å². The van der Waals surface area contributed by atoms with Crippen LogP contribution >= 0.6 is 11.6 Å². The quantitative estimate of drug-likeness (QED) is 0.293. The van der Waals surface area contributed by atoms with Gasteiger partial charge in [-0.1, -0.05) is 25.4 Å². The highest BCUT2D eigenvalue weighted by Crippen LogP contribution is 2.34. The van der Waals surface area contributed by atoms with Crippen LogP contribution in [0.2, 0.25) is 5.02 Å². The molecular formula is C32H39ClN6O3. The van der Waals surface area contributed by atoms with Crippen molar-refractivity contribution in [1.82, 2.24) is 19.8 Å². The predicted molar refractivity (Wildman–Crippen MR) is 169 cm³/mol. The van der Waals surface area contributed by atoms with E-state index in [0.29, 0.717) is 58.8 Å². The molecule has 0 atom stereocenters. The van der Waals surface area contributed by atoms with E-state index in [9.17, 15) is 4.79 Å². The van der Waals surface area contributed by atoms with Gasteiger partial charge in [0.1, 0.15) is 12.4 Å². The molecule has 2 fully saturated rings. The fourth-order valence-electron chi connectivity index (χ4n) is 5.98. The van der Waals surface area contributed by atoms with Crippen molar-refractivity contribution in [2.75, 3.05) is 77.1 Å². The number of anilines is 1. The average Bonchev–Trinajstić information content (AvgIpc) is 3.36. The molecule has 0 radical (unpaired) electrons. The number of carbonyl (C=O) groups excluding carboxylic acids is 1. The van der Waals surface area contributed by atoms with Crippen molar-refractivity contribution in [3.8, 4) is 17.0 Å². The predicted octanol–water partition coefficient (Wildman–Crippen LogP) is 4.62. The van der Waals surface area contributed by atoms with Crippen molar-refractivity contribution in [2.45, 2.75) is 13.8 Å². The van der Waals surface area contributed by atoms with Crippen molar-refractivity contribution in [2.24, 2.45) is 11.7 Å². The molecular weight excluding hydrogens is 552 g/mol. The van der Waals surface area contributed by atoms with Gasteiger partial charge in [-0.2, -0.15) is 0 Å². The fraction of sp³-hybridized carbons (Fsp3) is 0.438. The molecule has 0 spiro atoms. The number of H-pyrrole nitrogens is 1. The Balaban J connectivity index is 1.19. The number of amides is 1. The summed E-state index contributed by atoms with van der Waals surface area (Å²) in [5.41, 5.74) is 11.0. The lowest BCUT2D eigenvalue weighted by Crippen LogP contribution is -2.48. The van der Waals surface area contributed by atoms with Crippen molar-refractivity contribution >= 4 is 45.1 Å². The van der Waals surface area contributed by atoms with Gasteiger partial charge in [-0.05, 0) is 48.4 Å². The standard InChI is InChI=1S/C32H39ClN6O3/c1-21(2)20-38-9-7-37(8-10-38)11-16-42-29-6-3-22(17-26(29)33)27-19-25(32(34)40)31-30(35-27)24-5-4-23(18-28(24)36-31)39-12-14-41-15-13-39/h3-6,17-19,21,36H,7-16,20H2,1-2H3,(H2,34,40). The topological polar surface area (TPSA) is 100.0 Å². The molecule has 2 aromatic carbocycles. The van der Waals surface area contributed by atoms with Gasteiger partial charge in [0.05, 0.1) is 46.0 Å². The van der Waals surface area contributed by atoms with Crippen LogP contribution in [0.3, 0.4) is 0 Å². The van der Waals surface area contributed by atoms with E-state index in [4.69, 9.17) is 31.8 Å². The van der Waals surface area contributed by atoms with Crippen LogP contribution in [0, 0.1) is 5.92 Å². The molecule has 2 aliphatic rings. The fourth-order valence-corrected chi connectivity index (χ4v) is 6.21. The second-order valence-electron chi connectivity index (χ2n) is 11.6. The number of rotatable bonds is 9. The number of fused-ring (bicyclic) bond motifs is 3. The Kier molecular flexibility index (Phi) is 8.53. The van der Waals surface area contributed by atoms with Gasteiger partial charge in [-0.3, -0.25) is 9.69 Å². The van der Waals surface area contributed by atoms with Crippen molar-refractivity contribution in [3.63, 3.8) is 0 Å². The average molecular weight is 591 g/mol. The molecule has 6 rings (SSSR count).